The molecule has 32 heavy (non-hydrogen) atoms. The Morgan fingerprint density at radius 1 is 0.969 bits per heavy atom. The SMILES string of the molecule is CS(=O)(=O)N1CCc2cc(C(=O)N3CCN(Cc4ccc(C(F)(F)F)cc4)CC3)ccc21. The third-order valence-corrected chi connectivity index (χ3v) is 7.11. The Labute approximate surface area is 185 Å². The number of fused-ring (bicyclic) bond motifs is 1. The molecule has 1 fully saturated rings. The first-order chi connectivity index (χ1) is 15.0. The molecule has 2 aromatic carbocycles. The summed E-state index contributed by atoms with van der Waals surface area (Å²) in [5, 5.41) is 0. The maximum Gasteiger partial charge on any atom is 0.416 e. The number of rotatable bonds is 4. The van der Waals surface area contributed by atoms with Crippen LogP contribution >= 0.6 is 0 Å². The predicted molar refractivity (Wildman–Crippen MR) is 115 cm³/mol. The molecule has 2 aromatic rings. The lowest BCUT2D eigenvalue weighted by molar-refractivity contribution is -0.137. The third-order valence-electron chi connectivity index (χ3n) is 5.93. The lowest BCUT2D eigenvalue weighted by Crippen LogP contribution is -2.48. The van der Waals surface area contributed by atoms with Gasteiger partial charge in [-0.05, 0) is 47.9 Å². The number of sulfonamides is 1. The van der Waals surface area contributed by atoms with E-state index >= 15 is 0 Å². The number of hydrogen-bond donors (Lipinski definition) is 0. The topological polar surface area (TPSA) is 60.9 Å². The van der Waals surface area contributed by atoms with Crippen LogP contribution in [0.4, 0.5) is 18.9 Å². The van der Waals surface area contributed by atoms with Gasteiger partial charge in [0, 0.05) is 44.8 Å². The maximum absolute atomic E-state index is 12.9. The molecule has 10 heteroatoms. The monoisotopic (exact) mass is 467 g/mol. The second-order valence-electron chi connectivity index (χ2n) is 8.19. The van der Waals surface area contributed by atoms with Crippen molar-refractivity contribution in [3.63, 3.8) is 0 Å². The van der Waals surface area contributed by atoms with Gasteiger partial charge in [-0.2, -0.15) is 13.2 Å². The van der Waals surface area contributed by atoms with Gasteiger partial charge in [-0.15, -0.1) is 0 Å². The first kappa shape index (κ1) is 22.6. The summed E-state index contributed by atoms with van der Waals surface area (Å²) in [5.41, 5.74) is 2.15. The van der Waals surface area contributed by atoms with E-state index in [0.29, 0.717) is 56.9 Å². The van der Waals surface area contributed by atoms with E-state index in [0.717, 1.165) is 23.3 Å². The van der Waals surface area contributed by atoms with Gasteiger partial charge in [0.2, 0.25) is 10.0 Å². The van der Waals surface area contributed by atoms with E-state index in [1.54, 1.807) is 23.1 Å². The number of nitrogens with zero attached hydrogens (tertiary/aromatic N) is 3. The van der Waals surface area contributed by atoms with Crippen LogP contribution in [0.3, 0.4) is 0 Å². The molecular formula is C22H24F3N3O3S. The van der Waals surface area contributed by atoms with Crippen molar-refractivity contribution < 1.29 is 26.4 Å². The van der Waals surface area contributed by atoms with E-state index in [9.17, 15) is 26.4 Å². The van der Waals surface area contributed by atoms with E-state index in [-0.39, 0.29) is 5.91 Å². The highest BCUT2D eigenvalue weighted by Gasteiger charge is 2.30. The average Bonchev–Trinajstić information content (AvgIpc) is 3.17. The normalized spacial score (nSPS) is 17.5. The van der Waals surface area contributed by atoms with Crippen molar-refractivity contribution >= 4 is 21.6 Å². The first-order valence-corrected chi connectivity index (χ1v) is 12.2. The van der Waals surface area contributed by atoms with Gasteiger partial charge in [-0.3, -0.25) is 14.0 Å². The van der Waals surface area contributed by atoms with Crippen LogP contribution in [0.2, 0.25) is 0 Å². The largest absolute Gasteiger partial charge is 0.416 e. The minimum Gasteiger partial charge on any atom is -0.336 e. The second-order valence-corrected chi connectivity index (χ2v) is 10.1. The molecule has 0 aliphatic carbocycles. The molecular weight excluding hydrogens is 443 g/mol. The number of carbonyl (C=O) groups excluding carboxylic acids is 1. The van der Waals surface area contributed by atoms with Crippen LogP contribution in [0.15, 0.2) is 42.5 Å². The van der Waals surface area contributed by atoms with E-state index in [1.807, 2.05) is 0 Å². The summed E-state index contributed by atoms with van der Waals surface area (Å²) in [6, 6.07) is 10.3. The number of piperazine rings is 1. The number of carbonyl (C=O) groups is 1. The Bertz CT molecular complexity index is 1110. The minimum absolute atomic E-state index is 0.0974. The zero-order valence-corrected chi connectivity index (χ0v) is 18.4. The second kappa shape index (κ2) is 8.40. The van der Waals surface area contributed by atoms with Crippen LogP contribution in [0.1, 0.15) is 27.0 Å². The molecule has 2 heterocycles. The fraction of sp³-hybridized carbons (Fsp3) is 0.409. The molecule has 0 spiro atoms. The molecule has 6 nitrogen and oxygen atoms in total. The van der Waals surface area contributed by atoms with E-state index in [2.05, 4.69) is 4.90 Å². The van der Waals surface area contributed by atoms with Crippen LogP contribution in [0.25, 0.3) is 0 Å². The number of anilines is 1. The smallest absolute Gasteiger partial charge is 0.336 e. The van der Waals surface area contributed by atoms with Crippen LogP contribution in [0.5, 0.6) is 0 Å². The fourth-order valence-electron chi connectivity index (χ4n) is 4.20. The summed E-state index contributed by atoms with van der Waals surface area (Å²) in [4.78, 5) is 16.8. The summed E-state index contributed by atoms with van der Waals surface area (Å²) < 4.78 is 63.2. The highest BCUT2D eigenvalue weighted by atomic mass is 32.2. The highest BCUT2D eigenvalue weighted by Crippen LogP contribution is 2.31. The summed E-state index contributed by atoms with van der Waals surface area (Å²) in [6.07, 6.45) is -2.60. The van der Waals surface area contributed by atoms with Crippen LogP contribution in [-0.2, 0) is 29.2 Å². The van der Waals surface area contributed by atoms with Gasteiger partial charge in [-0.1, -0.05) is 12.1 Å². The quantitative estimate of drug-likeness (QED) is 0.694. The van der Waals surface area contributed by atoms with Crippen molar-refractivity contribution in [2.45, 2.75) is 19.1 Å². The summed E-state index contributed by atoms with van der Waals surface area (Å²) in [5.74, 6) is -0.0974. The Kier molecular flexibility index (Phi) is 5.93. The van der Waals surface area contributed by atoms with Crippen LogP contribution in [-0.4, -0.2) is 63.1 Å². The van der Waals surface area contributed by atoms with Gasteiger partial charge in [0.1, 0.15) is 0 Å². The Morgan fingerprint density at radius 2 is 1.62 bits per heavy atom. The van der Waals surface area contributed by atoms with Crippen molar-refractivity contribution in [2.75, 3.05) is 43.3 Å². The summed E-state index contributed by atoms with van der Waals surface area (Å²) >= 11 is 0. The number of alkyl halides is 3. The molecule has 2 aliphatic rings. The first-order valence-electron chi connectivity index (χ1n) is 10.3. The molecule has 0 atom stereocenters. The van der Waals surface area contributed by atoms with Crippen molar-refractivity contribution in [3.05, 3.63) is 64.7 Å². The zero-order valence-electron chi connectivity index (χ0n) is 17.6. The van der Waals surface area contributed by atoms with E-state index in [1.165, 1.54) is 22.7 Å². The minimum atomic E-state index is -4.34. The van der Waals surface area contributed by atoms with Gasteiger partial charge >= 0.3 is 6.18 Å². The molecule has 4 rings (SSSR count). The third kappa shape index (κ3) is 4.75. The van der Waals surface area contributed by atoms with E-state index in [4.69, 9.17) is 0 Å². The van der Waals surface area contributed by atoms with Crippen LogP contribution < -0.4 is 4.31 Å². The van der Waals surface area contributed by atoms with Gasteiger partial charge in [0.15, 0.2) is 0 Å². The van der Waals surface area contributed by atoms with Gasteiger partial charge in [0.05, 0.1) is 17.5 Å². The van der Waals surface area contributed by atoms with Gasteiger partial charge in [-0.25, -0.2) is 8.42 Å². The van der Waals surface area contributed by atoms with Gasteiger partial charge in [0.25, 0.3) is 5.91 Å². The molecule has 0 bridgehead atoms. The standard InChI is InChI=1S/C22H24F3N3O3S/c1-32(30,31)28-9-8-17-14-18(4-7-20(17)28)21(29)27-12-10-26(11-13-27)15-16-2-5-19(6-3-16)22(23,24)25/h2-7,14H,8-13,15H2,1H3. The Hall–Kier alpha value is -2.59. The van der Waals surface area contributed by atoms with Crippen molar-refractivity contribution in [3.8, 4) is 0 Å². The summed E-state index contributed by atoms with van der Waals surface area (Å²) in [6.45, 7) is 3.20. The number of amides is 1. The number of benzene rings is 2. The Balaban J connectivity index is 1.35. The van der Waals surface area contributed by atoms with Crippen molar-refractivity contribution in [1.82, 2.24) is 9.80 Å². The molecule has 0 saturated carbocycles. The number of halogens is 3. The van der Waals surface area contributed by atoms with Crippen molar-refractivity contribution in [2.24, 2.45) is 0 Å². The fourth-order valence-corrected chi connectivity index (χ4v) is 5.16. The molecule has 1 saturated heterocycles. The van der Waals surface area contributed by atoms with E-state index < -0.39 is 21.8 Å². The molecule has 1 amide bonds. The highest BCUT2D eigenvalue weighted by molar-refractivity contribution is 7.92. The molecule has 0 N–H and O–H groups in total. The molecule has 0 aromatic heterocycles. The predicted octanol–water partition coefficient (Wildman–Crippen LogP) is 2.99. The molecule has 2 aliphatic heterocycles. The lowest BCUT2D eigenvalue weighted by Gasteiger charge is -2.35. The average molecular weight is 468 g/mol. The zero-order chi connectivity index (χ0) is 23.1. The Morgan fingerprint density at radius 3 is 2.22 bits per heavy atom. The summed E-state index contributed by atoms with van der Waals surface area (Å²) in [7, 11) is -3.33. The van der Waals surface area contributed by atoms with Gasteiger partial charge < -0.3 is 4.90 Å². The lowest BCUT2D eigenvalue weighted by atomic mass is 10.1. The van der Waals surface area contributed by atoms with Crippen LogP contribution in [0, 0.1) is 0 Å². The number of hydrogen-bond acceptors (Lipinski definition) is 4. The maximum atomic E-state index is 12.9. The molecule has 0 unspecified atom stereocenters. The molecule has 0 radical (unpaired) electrons. The molecule has 172 valence electrons. The van der Waals surface area contributed by atoms with Crippen molar-refractivity contribution in [1.29, 1.82) is 0 Å².